The van der Waals surface area contributed by atoms with E-state index >= 15 is 0 Å². The summed E-state index contributed by atoms with van der Waals surface area (Å²) in [6.07, 6.45) is 0.677. The number of ether oxygens (including phenoxy) is 2. The number of methoxy groups -OCH3 is 1. The summed E-state index contributed by atoms with van der Waals surface area (Å²) in [5.74, 6) is -0.588. The first kappa shape index (κ1) is 17.9. The first-order valence-corrected chi connectivity index (χ1v) is 7.71. The molecular weight excluding hydrogens is 313 g/mol. The Kier molecular flexibility index (Phi) is 6.31. The van der Waals surface area contributed by atoms with Gasteiger partial charge in [-0.2, -0.15) is 5.10 Å². The summed E-state index contributed by atoms with van der Waals surface area (Å²) >= 11 is 0. The summed E-state index contributed by atoms with van der Waals surface area (Å²) in [5, 5.41) is 6.82. The highest BCUT2D eigenvalue weighted by Crippen LogP contribution is 2.20. The molecule has 0 aliphatic heterocycles. The molecule has 130 valence electrons. The Labute approximate surface area is 140 Å². The van der Waals surface area contributed by atoms with Crippen LogP contribution in [-0.4, -0.2) is 36.0 Å². The first-order chi connectivity index (χ1) is 11.5. The molecule has 0 spiro atoms. The third-order valence-corrected chi connectivity index (χ3v) is 3.47. The summed E-state index contributed by atoms with van der Waals surface area (Å²) in [7, 11) is 3.30. The molecule has 7 heteroatoms. The zero-order valence-corrected chi connectivity index (χ0v) is 14.1. The van der Waals surface area contributed by atoms with Crippen LogP contribution in [0.3, 0.4) is 0 Å². The molecule has 1 amide bonds. The van der Waals surface area contributed by atoms with E-state index in [9.17, 15) is 9.18 Å². The van der Waals surface area contributed by atoms with Crippen molar-refractivity contribution >= 4 is 5.91 Å². The number of aryl methyl sites for hydroxylation is 2. The minimum Gasteiger partial charge on any atom is -0.490 e. The molecule has 1 N–H and O–H groups in total. The summed E-state index contributed by atoms with van der Waals surface area (Å²) in [4.78, 5) is 12.2. The predicted octanol–water partition coefficient (Wildman–Crippen LogP) is 2.21. The number of rotatable bonds is 8. The van der Waals surface area contributed by atoms with Gasteiger partial charge in [-0.05, 0) is 19.1 Å². The van der Waals surface area contributed by atoms with Crippen LogP contribution in [0, 0.1) is 12.7 Å². The van der Waals surface area contributed by atoms with Gasteiger partial charge in [0.2, 0.25) is 0 Å². The SMILES string of the molecule is COCCCOc1cccc(CNC(=O)c2cc(C)nn2C)c1F. The van der Waals surface area contributed by atoms with Crippen LogP contribution >= 0.6 is 0 Å². The Morgan fingerprint density at radius 2 is 2.17 bits per heavy atom. The predicted molar refractivity (Wildman–Crippen MR) is 87.5 cm³/mol. The molecule has 0 aliphatic carbocycles. The van der Waals surface area contributed by atoms with E-state index in [1.54, 1.807) is 45.3 Å². The van der Waals surface area contributed by atoms with Crippen LogP contribution in [0.5, 0.6) is 5.75 Å². The van der Waals surface area contributed by atoms with Gasteiger partial charge in [0.1, 0.15) is 5.69 Å². The third-order valence-electron chi connectivity index (χ3n) is 3.47. The fourth-order valence-corrected chi connectivity index (χ4v) is 2.28. The van der Waals surface area contributed by atoms with Crippen LogP contribution in [0.2, 0.25) is 0 Å². The summed E-state index contributed by atoms with van der Waals surface area (Å²) in [5.41, 5.74) is 1.55. The zero-order valence-electron chi connectivity index (χ0n) is 14.1. The van der Waals surface area contributed by atoms with Crippen molar-refractivity contribution in [2.45, 2.75) is 19.9 Å². The van der Waals surface area contributed by atoms with E-state index in [4.69, 9.17) is 9.47 Å². The fraction of sp³-hybridized carbons (Fsp3) is 0.412. The van der Waals surface area contributed by atoms with E-state index in [1.807, 2.05) is 0 Å². The average molecular weight is 335 g/mol. The van der Waals surface area contributed by atoms with Crippen molar-refractivity contribution in [2.24, 2.45) is 7.05 Å². The number of benzene rings is 1. The van der Waals surface area contributed by atoms with Gasteiger partial charge < -0.3 is 14.8 Å². The molecule has 0 aliphatic rings. The van der Waals surface area contributed by atoms with Crippen LogP contribution in [-0.2, 0) is 18.3 Å². The number of hydrogen-bond acceptors (Lipinski definition) is 4. The Balaban J connectivity index is 1.97. The quantitative estimate of drug-likeness (QED) is 0.751. The van der Waals surface area contributed by atoms with Crippen molar-refractivity contribution in [1.29, 1.82) is 0 Å². The second-order valence-electron chi connectivity index (χ2n) is 5.40. The number of halogens is 1. The number of hydrogen-bond donors (Lipinski definition) is 1. The van der Waals surface area contributed by atoms with Gasteiger partial charge in [0, 0.05) is 39.3 Å². The van der Waals surface area contributed by atoms with Crippen molar-refractivity contribution in [1.82, 2.24) is 15.1 Å². The maximum absolute atomic E-state index is 14.4. The van der Waals surface area contributed by atoms with Crippen LogP contribution in [0.1, 0.15) is 28.2 Å². The lowest BCUT2D eigenvalue weighted by atomic mass is 10.2. The van der Waals surface area contributed by atoms with Crippen LogP contribution in [0.4, 0.5) is 4.39 Å². The average Bonchev–Trinajstić information content (AvgIpc) is 2.90. The van der Waals surface area contributed by atoms with Gasteiger partial charge in [-0.1, -0.05) is 12.1 Å². The molecule has 0 saturated heterocycles. The van der Waals surface area contributed by atoms with Crippen molar-refractivity contribution in [2.75, 3.05) is 20.3 Å². The van der Waals surface area contributed by atoms with Crippen molar-refractivity contribution in [3.63, 3.8) is 0 Å². The second-order valence-corrected chi connectivity index (χ2v) is 5.40. The van der Waals surface area contributed by atoms with Crippen molar-refractivity contribution in [3.05, 3.63) is 47.0 Å². The number of nitrogens with one attached hydrogen (secondary N) is 1. The molecule has 0 unspecified atom stereocenters. The molecule has 0 saturated carbocycles. The molecule has 1 aromatic heterocycles. The zero-order chi connectivity index (χ0) is 17.5. The standard InChI is InChI=1S/C17H22FN3O3/c1-12-10-14(21(2)20-12)17(22)19-11-13-6-4-7-15(16(13)18)24-9-5-8-23-3/h4,6-7,10H,5,8-9,11H2,1-3H3,(H,19,22). The lowest BCUT2D eigenvalue weighted by molar-refractivity contribution is 0.0941. The van der Waals surface area contributed by atoms with E-state index in [0.717, 1.165) is 5.69 Å². The Morgan fingerprint density at radius 1 is 1.38 bits per heavy atom. The topological polar surface area (TPSA) is 65.4 Å². The summed E-state index contributed by atoms with van der Waals surface area (Å²) in [6, 6.07) is 6.57. The molecule has 2 rings (SSSR count). The normalized spacial score (nSPS) is 10.7. The largest absolute Gasteiger partial charge is 0.490 e. The summed E-state index contributed by atoms with van der Waals surface area (Å²) < 4.78 is 26.2. The van der Waals surface area contributed by atoms with Crippen LogP contribution in [0.25, 0.3) is 0 Å². The molecule has 0 bridgehead atoms. The molecular formula is C17H22FN3O3. The number of carbonyl (C=O) groups is 1. The van der Waals surface area contributed by atoms with Crippen molar-refractivity contribution in [3.8, 4) is 5.75 Å². The number of carbonyl (C=O) groups excluding carboxylic acids is 1. The lowest BCUT2D eigenvalue weighted by Gasteiger charge is -2.11. The summed E-state index contributed by atoms with van der Waals surface area (Å²) in [6.45, 7) is 2.81. The molecule has 1 heterocycles. The van der Waals surface area contributed by atoms with E-state index < -0.39 is 5.82 Å². The minimum atomic E-state index is -0.462. The smallest absolute Gasteiger partial charge is 0.269 e. The number of nitrogens with zero attached hydrogens (tertiary/aromatic N) is 2. The highest BCUT2D eigenvalue weighted by atomic mass is 19.1. The van der Waals surface area contributed by atoms with Crippen LogP contribution in [0.15, 0.2) is 24.3 Å². The van der Waals surface area contributed by atoms with Crippen LogP contribution < -0.4 is 10.1 Å². The lowest BCUT2D eigenvalue weighted by Crippen LogP contribution is -2.25. The highest BCUT2D eigenvalue weighted by Gasteiger charge is 2.14. The number of amides is 1. The first-order valence-electron chi connectivity index (χ1n) is 7.71. The van der Waals surface area contributed by atoms with Gasteiger partial charge in [-0.25, -0.2) is 4.39 Å². The maximum Gasteiger partial charge on any atom is 0.269 e. The Morgan fingerprint density at radius 3 is 2.83 bits per heavy atom. The number of aromatic nitrogens is 2. The van der Waals surface area contributed by atoms with Crippen molar-refractivity contribution < 1.29 is 18.7 Å². The van der Waals surface area contributed by atoms with Gasteiger partial charge in [-0.3, -0.25) is 9.48 Å². The van der Waals surface area contributed by atoms with Gasteiger partial charge in [0.25, 0.3) is 5.91 Å². The molecule has 0 fully saturated rings. The maximum atomic E-state index is 14.4. The highest BCUT2D eigenvalue weighted by molar-refractivity contribution is 5.92. The Hall–Kier alpha value is -2.41. The van der Waals surface area contributed by atoms with Gasteiger partial charge in [0.05, 0.1) is 12.3 Å². The minimum absolute atomic E-state index is 0.0736. The van der Waals surface area contributed by atoms with Gasteiger partial charge in [0.15, 0.2) is 11.6 Å². The molecule has 2 aromatic rings. The Bertz CT molecular complexity index is 700. The van der Waals surface area contributed by atoms with E-state index in [1.165, 1.54) is 4.68 Å². The van der Waals surface area contributed by atoms with Gasteiger partial charge >= 0.3 is 0 Å². The van der Waals surface area contributed by atoms with E-state index in [2.05, 4.69) is 10.4 Å². The van der Waals surface area contributed by atoms with E-state index in [0.29, 0.717) is 30.9 Å². The second kappa shape index (κ2) is 8.44. The fourth-order valence-electron chi connectivity index (χ4n) is 2.28. The molecule has 6 nitrogen and oxygen atoms in total. The third kappa shape index (κ3) is 4.55. The van der Waals surface area contributed by atoms with E-state index in [-0.39, 0.29) is 18.2 Å². The molecule has 0 radical (unpaired) electrons. The molecule has 24 heavy (non-hydrogen) atoms. The molecule has 0 atom stereocenters. The van der Waals surface area contributed by atoms with Gasteiger partial charge in [-0.15, -0.1) is 0 Å². The monoisotopic (exact) mass is 335 g/mol. The molecule has 1 aromatic carbocycles.